The van der Waals surface area contributed by atoms with Gasteiger partial charge in [-0.2, -0.15) is 0 Å². The molecule has 1 unspecified atom stereocenters. The number of anilines is 1. The molecule has 0 spiro atoms. The average Bonchev–Trinajstić information content (AvgIpc) is 3.17. The highest BCUT2D eigenvalue weighted by Crippen LogP contribution is 2.25. The third-order valence-electron chi connectivity index (χ3n) is 4.49. The third kappa shape index (κ3) is 3.64. The number of nitrogens with zero attached hydrogens (tertiary/aromatic N) is 5. The normalized spacial score (nSPS) is 16.7. The molecule has 0 radical (unpaired) electrons. The molecule has 1 fully saturated rings. The molecule has 6 nitrogen and oxygen atoms in total. The van der Waals surface area contributed by atoms with Crippen molar-refractivity contribution in [3.05, 3.63) is 60.8 Å². The molecule has 0 aromatic carbocycles. The Labute approximate surface area is 152 Å². The summed E-state index contributed by atoms with van der Waals surface area (Å²) in [5.74, 6) is 2.58. The first-order valence-electron chi connectivity index (χ1n) is 8.92. The van der Waals surface area contributed by atoms with Gasteiger partial charge in [0, 0.05) is 55.1 Å². The number of ether oxygens (including phenoxy) is 1. The third-order valence-corrected chi connectivity index (χ3v) is 4.49. The molecule has 6 heteroatoms. The average molecular weight is 347 g/mol. The molecule has 0 N–H and O–H groups in total. The zero-order valence-electron chi connectivity index (χ0n) is 14.7. The van der Waals surface area contributed by atoms with Crippen LogP contribution in [0.5, 0.6) is 5.75 Å². The number of aromatic nitrogens is 4. The highest BCUT2D eigenvalue weighted by molar-refractivity contribution is 5.57. The molecule has 1 atom stereocenters. The first kappa shape index (κ1) is 16.4. The molecule has 0 saturated carbocycles. The number of rotatable bonds is 5. The van der Waals surface area contributed by atoms with Gasteiger partial charge in [-0.15, -0.1) is 0 Å². The Hall–Kier alpha value is -3.02. The molecular formula is C20H21N5O. The van der Waals surface area contributed by atoms with Gasteiger partial charge in [0.2, 0.25) is 0 Å². The van der Waals surface area contributed by atoms with E-state index >= 15 is 0 Å². The summed E-state index contributed by atoms with van der Waals surface area (Å²) >= 11 is 0. The number of pyridine rings is 2. The van der Waals surface area contributed by atoms with Gasteiger partial charge in [0.25, 0.3) is 0 Å². The molecule has 0 bridgehead atoms. The van der Waals surface area contributed by atoms with E-state index in [2.05, 4.69) is 32.8 Å². The molecule has 3 aromatic heterocycles. The molecule has 26 heavy (non-hydrogen) atoms. The Bertz CT molecular complexity index is 857. The van der Waals surface area contributed by atoms with Gasteiger partial charge >= 0.3 is 0 Å². The van der Waals surface area contributed by atoms with Crippen molar-refractivity contribution in [1.29, 1.82) is 0 Å². The Morgan fingerprint density at radius 3 is 2.50 bits per heavy atom. The van der Waals surface area contributed by atoms with E-state index in [0.29, 0.717) is 0 Å². The van der Waals surface area contributed by atoms with Crippen LogP contribution in [0.1, 0.15) is 19.0 Å². The lowest BCUT2D eigenvalue weighted by atomic mass is 10.2. The summed E-state index contributed by atoms with van der Waals surface area (Å²) in [6.07, 6.45) is 9.04. The van der Waals surface area contributed by atoms with Crippen molar-refractivity contribution in [2.75, 3.05) is 18.0 Å². The maximum absolute atomic E-state index is 6.07. The van der Waals surface area contributed by atoms with Crippen LogP contribution in [0.3, 0.4) is 0 Å². The van der Waals surface area contributed by atoms with E-state index in [1.165, 1.54) is 0 Å². The SMILES string of the molecule is CCc1cc(N2CCC(Oc3ccncc3)C2)nc(-c2ccncc2)n1. The van der Waals surface area contributed by atoms with Crippen LogP contribution in [0, 0.1) is 0 Å². The molecule has 1 saturated heterocycles. The predicted molar refractivity (Wildman–Crippen MR) is 100 cm³/mol. The van der Waals surface area contributed by atoms with Gasteiger partial charge in [0.15, 0.2) is 5.82 Å². The summed E-state index contributed by atoms with van der Waals surface area (Å²) in [4.78, 5) is 19.9. The standard InChI is InChI=1S/C20H21N5O/c1-2-16-13-19(24-20(23-16)15-3-8-21-9-4-15)25-12-7-18(14-25)26-17-5-10-22-11-6-17/h3-6,8-11,13,18H,2,7,12,14H2,1H3. The Morgan fingerprint density at radius 1 is 1.04 bits per heavy atom. The van der Waals surface area contributed by atoms with E-state index in [4.69, 9.17) is 9.72 Å². The van der Waals surface area contributed by atoms with Crippen LogP contribution in [0.25, 0.3) is 11.4 Å². The topological polar surface area (TPSA) is 64.0 Å². The second-order valence-corrected chi connectivity index (χ2v) is 6.29. The molecule has 1 aliphatic heterocycles. The molecule has 1 aliphatic rings. The summed E-state index contributed by atoms with van der Waals surface area (Å²) in [5, 5.41) is 0. The van der Waals surface area contributed by atoms with Crippen LogP contribution >= 0.6 is 0 Å². The number of hydrogen-bond donors (Lipinski definition) is 0. The molecule has 4 heterocycles. The predicted octanol–water partition coefficient (Wildman–Crippen LogP) is 3.15. The molecule has 4 rings (SSSR count). The van der Waals surface area contributed by atoms with Crippen LogP contribution in [0.4, 0.5) is 5.82 Å². The van der Waals surface area contributed by atoms with Crippen molar-refractivity contribution < 1.29 is 4.74 Å². The summed E-state index contributed by atoms with van der Waals surface area (Å²) in [5.41, 5.74) is 2.03. The molecule has 0 aliphatic carbocycles. The van der Waals surface area contributed by atoms with E-state index < -0.39 is 0 Å². The first-order chi connectivity index (χ1) is 12.8. The van der Waals surface area contributed by atoms with Gasteiger partial charge in [0.1, 0.15) is 17.7 Å². The van der Waals surface area contributed by atoms with E-state index in [1.54, 1.807) is 24.8 Å². The van der Waals surface area contributed by atoms with Crippen molar-refractivity contribution in [3.63, 3.8) is 0 Å². The van der Waals surface area contributed by atoms with Gasteiger partial charge in [-0.25, -0.2) is 9.97 Å². The number of aryl methyl sites for hydroxylation is 1. The van der Waals surface area contributed by atoms with Gasteiger partial charge in [-0.05, 0) is 30.7 Å². The summed E-state index contributed by atoms with van der Waals surface area (Å²) in [6, 6.07) is 9.75. The minimum Gasteiger partial charge on any atom is -0.488 e. The summed E-state index contributed by atoms with van der Waals surface area (Å²) < 4.78 is 6.07. The zero-order valence-corrected chi connectivity index (χ0v) is 14.7. The van der Waals surface area contributed by atoms with E-state index in [1.807, 2.05) is 24.3 Å². The summed E-state index contributed by atoms with van der Waals surface area (Å²) in [6.45, 7) is 3.85. The van der Waals surface area contributed by atoms with Crippen LogP contribution in [-0.2, 0) is 6.42 Å². The highest BCUT2D eigenvalue weighted by Gasteiger charge is 2.26. The Balaban J connectivity index is 1.54. The minimum absolute atomic E-state index is 0.154. The molecular weight excluding hydrogens is 326 g/mol. The van der Waals surface area contributed by atoms with Crippen LogP contribution < -0.4 is 9.64 Å². The molecule has 0 amide bonds. The van der Waals surface area contributed by atoms with E-state index in [0.717, 1.165) is 54.6 Å². The highest BCUT2D eigenvalue weighted by atomic mass is 16.5. The quantitative estimate of drug-likeness (QED) is 0.706. The number of hydrogen-bond acceptors (Lipinski definition) is 6. The fourth-order valence-corrected chi connectivity index (χ4v) is 3.10. The van der Waals surface area contributed by atoms with Crippen molar-refractivity contribution in [2.24, 2.45) is 0 Å². The van der Waals surface area contributed by atoms with Gasteiger partial charge in [-0.3, -0.25) is 9.97 Å². The van der Waals surface area contributed by atoms with Crippen LogP contribution in [-0.4, -0.2) is 39.1 Å². The fourth-order valence-electron chi connectivity index (χ4n) is 3.10. The van der Waals surface area contributed by atoms with Gasteiger partial charge in [0.05, 0.1) is 6.54 Å². The molecule has 3 aromatic rings. The van der Waals surface area contributed by atoms with E-state index in [-0.39, 0.29) is 6.10 Å². The first-order valence-corrected chi connectivity index (χ1v) is 8.92. The maximum Gasteiger partial charge on any atom is 0.161 e. The lowest BCUT2D eigenvalue weighted by Crippen LogP contribution is -2.25. The lowest BCUT2D eigenvalue weighted by molar-refractivity contribution is 0.224. The lowest BCUT2D eigenvalue weighted by Gasteiger charge is -2.19. The van der Waals surface area contributed by atoms with Crippen LogP contribution in [0.2, 0.25) is 0 Å². The largest absolute Gasteiger partial charge is 0.488 e. The van der Waals surface area contributed by atoms with Crippen molar-refractivity contribution in [2.45, 2.75) is 25.9 Å². The fraction of sp³-hybridized carbons (Fsp3) is 0.300. The Morgan fingerprint density at radius 2 is 1.77 bits per heavy atom. The maximum atomic E-state index is 6.07. The monoisotopic (exact) mass is 347 g/mol. The van der Waals surface area contributed by atoms with E-state index in [9.17, 15) is 0 Å². The van der Waals surface area contributed by atoms with Gasteiger partial charge in [-0.1, -0.05) is 6.92 Å². The minimum atomic E-state index is 0.154. The second kappa shape index (κ2) is 7.47. The summed E-state index contributed by atoms with van der Waals surface area (Å²) in [7, 11) is 0. The van der Waals surface area contributed by atoms with Gasteiger partial charge < -0.3 is 9.64 Å². The van der Waals surface area contributed by atoms with Crippen LogP contribution in [0.15, 0.2) is 55.1 Å². The smallest absolute Gasteiger partial charge is 0.161 e. The van der Waals surface area contributed by atoms with Crippen molar-refractivity contribution >= 4 is 5.82 Å². The molecule has 132 valence electrons. The van der Waals surface area contributed by atoms with Crippen molar-refractivity contribution in [3.8, 4) is 17.1 Å². The Kier molecular flexibility index (Phi) is 4.73. The van der Waals surface area contributed by atoms with Crippen molar-refractivity contribution in [1.82, 2.24) is 19.9 Å². The zero-order chi connectivity index (χ0) is 17.8. The second-order valence-electron chi connectivity index (χ2n) is 6.29.